The molecule has 0 saturated heterocycles. The number of nitrogens with zero attached hydrogens (tertiary/aromatic N) is 2. The first-order chi connectivity index (χ1) is 12.5. The Bertz CT molecular complexity index is 752. The molecule has 3 rings (SSSR count). The van der Waals surface area contributed by atoms with Crippen molar-refractivity contribution in [2.75, 3.05) is 5.32 Å². The highest BCUT2D eigenvalue weighted by atomic mass is 32.2. The van der Waals surface area contributed by atoms with Crippen molar-refractivity contribution in [3.8, 4) is 0 Å². The van der Waals surface area contributed by atoms with Crippen molar-refractivity contribution >= 4 is 23.4 Å². The zero-order chi connectivity index (χ0) is 18.5. The fraction of sp³-hybridized carbons (Fsp3) is 0.550. The normalized spacial score (nSPS) is 16.0. The first-order valence-electron chi connectivity index (χ1n) is 9.48. The lowest BCUT2D eigenvalue weighted by molar-refractivity contribution is -0.115. The van der Waals surface area contributed by atoms with Crippen LogP contribution in [0.3, 0.4) is 0 Å². The summed E-state index contributed by atoms with van der Waals surface area (Å²) in [7, 11) is 0. The minimum absolute atomic E-state index is 0.0268. The summed E-state index contributed by atoms with van der Waals surface area (Å²) in [5.41, 5.74) is 3.14. The molecule has 6 heteroatoms. The van der Waals surface area contributed by atoms with Gasteiger partial charge < -0.3 is 5.32 Å². The molecule has 26 heavy (non-hydrogen) atoms. The van der Waals surface area contributed by atoms with Crippen molar-refractivity contribution < 1.29 is 4.79 Å². The number of hydrogen-bond donors (Lipinski definition) is 2. The maximum absolute atomic E-state index is 12.5. The van der Waals surface area contributed by atoms with Gasteiger partial charge in [-0.1, -0.05) is 49.6 Å². The molecule has 5 nitrogen and oxygen atoms in total. The van der Waals surface area contributed by atoms with Crippen molar-refractivity contribution in [3.63, 3.8) is 0 Å². The zero-order valence-corrected chi connectivity index (χ0v) is 16.7. The summed E-state index contributed by atoms with van der Waals surface area (Å²) in [5.74, 6) is 1.75. The van der Waals surface area contributed by atoms with E-state index < -0.39 is 0 Å². The van der Waals surface area contributed by atoms with E-state index >= 15 is 0 Å². The van der Waals surface area contributed by atoms with Gasteiger partial charge in [-0.25, -0.2) is 4.98 Å². The van der Waals surface area contributed by atoms with Crippen molar-refractivity contribution in [1.29, 1.82) is 0 Å². The van der Waals surface area contributed by atoms with Crippen LogP contribution in [0.15, 0.2) is 23.4 Å². The number of aromatic nitrogens is 3. The first kappa shape index (κ1) is 19.0. The Morgan fingerprint density at radius 3 is 2.88 bits per heavy atom. The molecule has 2 N–H and O–H groups in total. The van der Waals surface area contributed by atoms with E-state index in [-0.39, 0.29) is 11.2 Å². The Hall–Kier alpha value is -1.82. The van der Waals surface area contributed by atoms with Gasteiger partial charge in [0.15, 0.2) is 0 Å². The molecular weight excluding hydrogens is 344 g/mol. The number of rotatable bonds is 7. The highest BCUT2D eigenvalue weighted by Crippen LogP contribution is 2.28. The average Bonchev–Trinajstić information content (AvgIpc) is 3.28. The summed E-state index contributed by atoms with van der Waals surface area (Å²) < 4.78 is 0. The molecule has 0 radical (unpaired) electrons. The molecule has 1 aliphatic carbocycles. The van der Waals surface area contributed by atoms with Gasteiger partial charge in [0.1, 0.15) is 5.82 Å². The standard InChI is InChI=1S/C20H28N4OS/c1-13-7-6-10-17(14(13)2)21-19(25)15(3)26-20-22-18(23-24-20)12-11-16-8-4-5-9-16/h6-7,10,15-16H,4-5,8-9,11-12H2,1-3H3,(H,21,25)(H,22,23,24). The summed E-state index contributed by atoms with van der Waals surface area (Å²) in [6.45, 7) is 5.96. The van der Waals surface area contributed by atoms with Crippen LogP contribution >= 0.6 is 11.8 Å². The van der Waals surface area contributed by atoms with Crippen LogP contribution in [0, 0.1) is 19.8 Å². The Morgan fingerprint density at radius 2 is 2.12 bits per heavy atom. The molecule has 0 bridgehead atoms. The third-order valence-electron chi connectivity index (χ3n) is 5.29. The number of hydrogen-bond acceptors (Lipinski definition) is 4. The predicted octanol–water partition coefficient (Wildman–Crippen LogP) is 4.66. The van der Waals surface area contributed by atoms with E-state index in [4.69, 9.17) is 0 Å². The van der Waals surface area contributed by atoms with E-state index in [1.165, 1.54) is 49.4 Å². The second kappa shape index (κ2) is 8.71. The van der Waals surface area contributed by atoms with E-state index in [1.54, 1.807) is 0 Å². The Morgan fingerprint density at radius 1 is 1.35 bits per heavy atom. The number of amides is 1. The Labute approximate surface area is 159 Å². The number of thioether (sulfide) groups is 1. The topological polar surface area (TPSA) is 70.7 Å². The van der Waals surface area contributed by atoms with Crippen molar-refractivity contribution in [3.05, 3.63) is 35.2 Å². The van der Waals surface area contributed by atoms with E-state index in [0.29, 0.717) is 5.16 Å². The molecule has 2 aromatic rings. The van der Waals surface area contributed by atoms with E-state index in [2.05, 4.69) is 20.5 Å². The fourth-order valence-corrected chi connectivity index (χ4v) is 4.16. The van der Waals surface area contributed by atoms with Crippen molar-refractivity contribution in [2.45, 2.75) is 69.7 Å². The average molecular weight is 373 g/mol. The van der Waals surface area contributed by atoms with E-state index in [1.807, 2.05) is 39.0 Å². The molecule has 1 aliphatic rings. The van der Waals surface area contributed by atoms with Gasteiger partial charge in [0.2, 0.25) is 11.1 Å². The summed E-state index contributed by atoms with van der Waals surface area (Å²) in [5, 5.41) is 10.7. The van der Waals surface area contributed by atoms with Gasteiger partial charge in [0, 0.05) is 12.1 Å². The van der Waals surface area contributed by atoms with Gasteiger partial charge in [-0.05, 0) is 50.3 Å². The van der Waals surface area contributed by atoms with Crippen LogP contribution in [0.2, 0.25) is 0 Å². The van der Waals surface area contributed by atoms with E-state index in [0.717, 1.165) is 29.4 Å². The molecule has 1 unspecified atom stereocenters. The van der Waals surface area contributed by atoms with Crippen molar-refractivity contribution in [1.82, 2.24) is 15.2 Å². The highest BCUT2D eigenvalue weighted by molar-refractivity contribution is 8.00. The van der Waals surface area contributed by atoms with Crippen LogP contribution in [0.5, 0.6) is 0 Å². The quantitative estimate of drug-likeness (QED) is 0.693. The van der Waals surface area contributed by atoms with Crippen LogP contribution in [-0.4, -0.2) is 26.3 Å². The molecule has 1 atom stereocenters. The number of benzene rings is 1. The molecular formula is C20H28N4OS. The van der Waals surface area contributed by atoms with Crippen molar-refractivity contribution in [2.24, 2.45) is 5.92 Å². The van der Waals surface area contributed by atoms with Crippen LogP contribution in [0.4, 0.5) is 5.69 Å². The van der Waals surface area contributed by atoms with Gasteiger partial charge >= 0.3 is 0 Å². The molecule has 140 valence electrons. The monoisotopic (exact) mass is 372 g/mol. The largest absolute Gasteiger partial charge is 0.325 e. The lowest BCUT2D eigenvalue weighted by Gasteiger charge is -2.13. The second-order valence-electron chi connectivity index (χ2n) is 7.25. The summed E-state index contributed by atoms with van der Waals surface area (Å²) in [6.07, 6.45) is 7.57. The first-order valence-corrected chi connectivity index (χ1v) is 10.4. The maximum Gasteiger partial charge on any atom is 0.237 e. The number of carbonyl (C=O) groups is 1. The van der Waals surface area contributed by atoms with Crippen LogP contribution in [0.1, 0.15) is 56.0 Å². The fourth-order valence-electron chi connectivity index (χ4n) is 3.41. The molecule has 0 aliphatic heterocycles. The molecule has 1 fully saturated rings. The Balaban J connectivity index is 1.51. The minimum atomic E-state index is -0.256. The van der Waals surface area contributed by atoms with E-state index in [9.17, 15) is 4.79 Å². The van der Waals surface area contributed by atoms with Gasteiger partial charge in [-0.2, -0.15) is 0 Å². The smallest absolute Gasteiger partial charge is 0.237 e. The van der Waals surface area contributed by atoms with Crippen LogP contribution in [0.25, 0.3) is 0 Å². The van der Waals surface area contributed by atoms with Crippen LogP contribution in [-0.2, 0) is 11.2 Å². The highest BCUT2D eigenvalue weighted by Gasteiger charge is 2.19. The van der Waals surface area contributed by atoms with Gasteiger partial charge in [0.05, 0.1) is 5.25 Å². The SMILES string of the molecule is Cc1cccc(NC(=O)C(C)Sc2n[nH]c(CCC3CCCC3)n2)c1C. The summed E-state index contributed by atoms with van der Waals surface area (Å²) in [6, 6.07) is 5.94. The molecule has 0 spiro atoms. The second-order valence-corrected chi connectivity index (χ2v) is 8.56. The van der Waals surface area contributed by atoms with Crippen LogP contribution < -0.4 is 5.32 Å². The number of aryl methyl sites for hydroxylation is 2. The molecule has 1 saturated carbocycles. The Kier molecular flexibility index (Phi) is 6.35. The molecule has 1 amide bonds. The molecule has 1 aromatic carbocycles. The van der Waals surface area contributed by atoms with Gasteiger partial charge in [-0.3, -0.25) is 9.89 Å². The van der Waals surface area contributed by atoms with Gasteiger partial charge in [-0.15, -0.1) is 5.10 Å². The lowest BCUT2D eigenvalue weighted by atomic mass is 10.0. The summed E-state index contributed by atoms with van der Waals surface area (Å²) >= 11 is 1.39. The lowest BCUT2D eigenvalue weighted by Crippen LogP contribution is -2.23. The summed E-state index contributed by atoms with van der Waals surface area (Å²) in [4.78, 5) is 17.0. The number of anilines is 1. The zero-order valence-electron chi connectivity index (χ0n) is 15.8. The predicted molar refractivity (Wildman–Crippen MR) is 107 cm³/mol. The van der Waals surface area contributed by atoms with Gasteiger partial charge in [0.25, 0.3) is 0 Å². The third-order valence-corrected chi connectivity index (χ3v) is 6.25. The number of aromatic amines is 1. The number of carbonyl (C=O) groups excluding carboxylic acids is 1. The minimum Gasteiger partial charge on any atom is -0.325 e. The maximum atomic E-state index is 12.5. The molecule has 1 aromatic heterocycles. The molecule has 1 heterocycles. The number of nitrogens with one attached hydrogen (secondary N) is 2. The number of H-pyrrole nitrogens is 1. The third kappa shape index (κ3) is 4.87.